The van der Waals surface area contributed by atoms with E-state index < -0.39 is 6.10 Å². The van der Waals surface area contributed by atoms with E-state index in [1.54, 1.807) is 6.20 Å². The summed E-state index contributed by atoms with van der Waals surface area (Å²) in [5.41, 5.74) is 1.68. The van der Waals surface area contributed by atoms with E-state index in [-0.39, 0.29) is 5.54 Å². The van der Waals surface area contributed by atoms with Gasteiger partial charge in [0.05, 0.1) is 6.10 Å². The van der Waals surface area contributed by atoms with Crippen LogP contribution in [0.5, 0.6) is 0 Å². The van der Waals surface area contributed by atoms with Crippen molar-refractivity contribution >= 4 is 0 Å². The number of aryl methyl sites for hydroxylation is 1. The highest BCUT2D eigenvalue weighted by atomic mass is 16.3. The van der Waals surface area contributed by atoms with Gasteiger partial charge in [-0.05, 0) is 52.8 Å². The van der Waals surface area contributed by atoms with Gasteiger partial charge in [-0.25, -0.2) is 0 Å². The molecule has 1 atom stereocenters. The molecule has 1 aromatic heterocycles. The van der Waals surface area contributed by atoms with Crippen LogP contribution in [-0.2, 0) is 0 Å². The number of likely N-dealkylation sites (tertiary alicyclic amines) is 1. The lowest BCUT2D eigenvalue weighted by Gasteiger charge is -2.39. The number of aromatic nitrogens is 1. The molecule has 2 rings (SSSR count). The minimum Gasteiger partial charge on any atom is -0.386 e. The Balaban J connectivity index is 2.17. The molecule has 3 nitrogen and oxygen atoms in total. The minimum atomic E-state index is -0.478. The summed E-state index contributed by atoms with van der Waals surface area (Å²) in [4.78, 5) is 6.63. The molecular weight excluding hydrogens is 212 g/mol. The summed E-state index contributed by atoms with van der Waals surface area (Å²) < 4.78 is 0. The smallest absolute Gasteiger partial charge is 0.0983 e. The van der Waals surface area contributed by atoms with Gasteiger partial charge in [0.25, 0.3) is 0 Å². The van der Waals surface area contributed by atoms with E-state index in [1.807, 2.05) is 19.1 Å². The summed E-state index contributed by atoms with van der Waals surface area (Å²) in [6.07, 6.45) is 3.79. The van der Waals surface area contributed by atoms with Crippen LogP contribution in [0.25, 0.3) is 0 Å². The molecule has 0 saturated carbocycles. The Morgan fingerprint density at radius 2 is 1.94 bits per heavy atom. The summed E-state index contributed by atoms with van der Waals surface area (Å²) in [7, 11) is 0. The van der Waals surface area contributed by atoms with E-state index in [0.29, 0.717) is 0 Å². The first-order chi connectivity index (χ1) is 8.01. The quantitative estimate of drug-likeness (QED) is 0.871. The summed E-state index contributed by atoms with van der Waals surface area (Å²) in [5, 5.41) is 10.5. The van der Waals surface area contributed by atoms with Crippen molar-refractivity contribution in [1.29, 1.82) is 0 Å². The second-order valence-corrected chi connectivity index (χ2v) is 5.48. The first-order valence-corrected chi connectivity index (χ1v) is 6.37. The monoisotopic (exact) mass is 234 g/mol. The first-order valence-electron chi connectivity index (χ1n) is 6.37. The highest BCUT2D eigenvalue weighted by molar-refractivity contribution is 5.19. The third-order valence-electron chi connectivity index (χ3n) is 3.84. The fourth-order valence-corrected chi connectivity index (χ4v) is 2.52. The third kappa shape index (κ3) is 2.50. The number of aliphatic hydroxyl groups is 1. The predicted octanol–water partition coefficient (Wildman–Crippen LogP) is 2.30. The van der Waals surface area contributed by atoms with Crippen LogP contribution in [-0.4, -0.2) is 33.6 Å². The first kappa shape index (κ1) is 12.5. The van der Waals surface area contributed by atoms with Crippen molar-refractivity contribution in [1.82, 2.24) is 9.88 Å². The Bertz CT molecular complexity index is 366. The molecule has 2 heterocycles. The number of nitrogens with zero attached hydrogens (tertiary/aromatic N) is 2. The zero-order chi connectivity index (χ0) is 12.5. The van der Waals surface area contributed by atoms with Crippen LogP contribution in [0.3, 0.4) is 0 Å². The number of hydrogen-bond donors (Lipinski definition) is 1. The van der Waals surface area contributed by atoms with E-state index in [4.69, 9.17) is 0 Å². The van der Waals surface area contributed by atoms with Crippen molar-refractivity contribution in [3.63, 3.8) is 0 Å². The molecule has 0 aromatic carbocycles. The molecule has 1 fully saturated rings. The molecule has 0 spiro atoms. The van der Waals surface area contributed by atoms with E-state index in [9.17, 15) is 5.11 Å². The molecule has 1 aliphatic heterocycles. The molecule has 0 amide bonds. The standard InChI is InChI=1S/C14H22N2O/c1-11-6-7-12(10-15-11)13(17)14(2,3)16-8-4-5-9-16/h6-7,10,13,17H,4-5,8-9H2,1-3H3. The Labute approximate surface area is 103 Å². The van der Waals surface area contributed by atoms with Gasteiger partial charge in [0.2, 0.25) is 0 Å². The molecule has 1 saturated heterocycles. The molecule has 0 aliphatic carbocycles. The van der Waals surface area contributed by atoms with Crippen molar-refractivity contribution in [2.75, 3.05) is 13.1 Å². The molecule has 3 heteroatoms. The van der Waals surface area contributed by atoms with Crippen LogP contribution in [0.2, 0.25) is 0 Å². The largest absolute Gasteiger partial charge is 0.386 e. The van der Waals surface area contributed by atoms with E-state index >= 15 is 0 Å². The highest BCUT2D eigenvalue weighted by Gasteiger charge is 2.36. The fraction of sp³-hybridized carbons (Fsp3) is 0.643. The maximum Gasteiger partial charge on any atom is 0.0983 e. The molecule has 94 valence electrons. The van der Waals surface area contributed by atoms with E-state index in [1.165, 1.54) is 12.8 Å². The summed E-state index contributed by atoms with van der Waals surface area (Å²) in [6.45, 7) is 8.36. The molecule has 1 unspecified atom stereocenters. The van der Waals surface area contributed by atoms with Crippen LogP contribution >= 0.6 is 0 Å². The predicted molar refractivity (Wildman–Crippen MR) is 68.8 cm³/mol. The van der Waals surface area contributed by atoms with Crippen LogP contribution in [0.1, 0.15) is 44.1 Å². The highest BCUT2D eigenvalue weighted by Crippen LogP contribution is 2.33. The number of aliphatic hydroxyl groups excluding tert-OH is 1. The number of rotatable bonds is 3. The van der Waals surface area contributed by atoms with Crippen LogP contribution < -0.4 is 0 Å². The van der Waals surface area contributed by atoms with Crippen molar-refractivity contribution in [3.8, 4) is 0 Å². The fourth-order valence-electron chi connectivity index (χ4n) is 2.52. The Morgan fingerprint density at radius 1 is 1.29 bits per heavy atom. The lowest BCUT2D eigenvalue weighted by atomic mass is 9.90. The van der Waals surface area contributed by atoms with Gasteiger partial charge in [-0.2, -0.15) is 0 Å². The average molecular weight is 234 g/mol. The molecule has 1 aliphatic rings. The van der Waals surface area contributed by atoms with E-state index in [0.717, 1.165) is 24.3 Å². The number of pyridine rings is 1. The Kier molecular flexibility index (Phi) is 3.50. The van der Waals surface area contributed by atoms with Gasteiger partial charge in [-0.15, -0.1) is 0 Å². The van der Waals surface area contributed by atoms with Crippen LogP contribution in [0, 0.1) is 6.92 Å². The maximum absolute atomic E-state index is 10.5. The average Bonchev–Trinajstić information content (AvgIpc) is 2.83. The second kappa shape index (κ2) is 4.75. The van der Waals surface area contributed by atoms with Crippen molar-refractivity contribution in [2.45, 2.75) is 45.3 Å². The van der Waals surface area contributed by atoms with Gasteiger partial charge >= 0.3 is 0 Å². The van der Waals surface area contributed by atoms with Crippen molar-refractivity contribution in [2.24, 2.45) is 0 Å². The summed E-state index contributed by atoms with van der Waals surface area (Å²) in [5.74, 6) is 0. The van der Waals surface area contributed by atoms with Gasteiger partial charge in [0.15, 0.2) is 0 Å². The lowest BCUT2D eigenvalue weighted by molar-refractivity contribution is 0.00112. The van der Waals surface area contributed by atoms with Crippen molar-refractivity contribution in [3.05, 3.63) is 29.6 Å². The van der Waals surface area contributed by atoms with Gasteiger partial charge < -0.3 is 5.11 Å². The SMILES string of the molecule is Cc1ccc(C(O)C(C)(C)N2CCCC2)cn1. The van der Waals surface area contributed by atoms with E-state index in [2.05, 4.69) is 23.7 Å². The molecule has 1 aromatic rings. The van der Waals surface area contributed by atoms with Gasteiger partial charge in [0.1, 0.15) is 0 Å². The van der Waals surface area contributed by atoms with Crippen molar-refractivity contribution < 1.29 is 5.11 Å². The second-order valence-electron chi connectivity index (χ2n) is 5.48. The number of hydrogen-bond acceptors (Lipinski definition) is 3. The third-order valence-corrected chi connectivity index (χ3v) is 3.84. The lowest BCUT2D eigenvalue weighted by Crippen LogP contribution is -2.46. The molecular formula is C14H22N2O. The van der Waals surface area contributed by atoms with Crippen LogP contribution in [0.15, 0.2) is 18.3 Å². The summed E-state index contributed by atoms with van der Waals surface area (Å²) >= 11 is 0. The minimum absolute atomic E-state index is 0.215. The zero-order valence-electron chi connectivity index (χ0n) is 11.0. The normalized spacial score (nSPS) is 19.5. The molecule has 17 heavy (non-hydrogen) atoms. The van der Waals surface area contributed by atoms with Crippen LogP contribution in [0.4, 0.5) is 0 Å². The maximum atomic E-state index is 10.5. The topological polar surface area (TPSA) is 36.4 Å². The molecule has 0 bridgehead atoms. The zero-order valence-corrected chi connectivity index (χ0v) is 11.0. The molecule has 0 radical (unpaired) electrons. The van der Waals surface area contributed by atoms with Gasteiger partial charge in [-0.3, -0.25) is 9.88 Å². The van der Waals surface area contributed by atoms with Gasteiger partial charge in [-0.1, -0.05) is 6.07 Å². The Hall–Kier alpha value is -0.930. The summed E-state index contributed by atoms with van der Waals surface area (Å²) in [6, 6.07) is 3.93. The Morgan fingerprint density at radius 3 is 2.47 bits per heavy atom. The molecule has 1 N–H and O–H groups in total. The van der Waals surface area contributed by atoms with Gasteiger partial charge in [0, 0.05) is 23.0 Å².